The van der Waals surface area contributed by atoms with Crippen molar-refractivity contribution < 1.29 is 9.53 Å². The normalized spacial score (nSPS) is 14.5. The highest BCUT2D eigenvalue weighted by molar-refractivity contribution is 5.80. The lowest BCUT2D eigenvalue weighted by Crippen LogP contribution is -2.26. The van der Waals surface area contributed by atoms with E-state index in [1.54, 1.807) is 7.11 Å². The Morgan fingerprint density at radius 1 is 1.47 bits per heavy atom. The van der Waals surface area contributed by atoms with Gasteiger partial charge in [-0.3, -0.25) is 4.79 Å². The topological polar surface area (TPSA) is 38.3 Å². The number of hydrogen-bond acceptors (Lipinski definition) is 2. The predicted octanol–water partition coefficient (Wildman–Crippen LogP) is 2.07. The summed E-state index contributed by atoms with van der Waals surface area (Å²) < 4.78 is 5.21. The summed E-state index contributed by atoms with van der Waals surface area (Å²) >= 11 is 0. The van der Waals surface area contributed by atoms with Crippen LogP contribution in [0.1, 0.15) is 24.0 Å². The van der Waals surface area contributed by atoms with Gasteiger partial charge in [0.2, 0.25) is 5.91 Å². The van der Waals surface area contributed by atoms with Crippen LogP contribution in [0.2, 0.25) is 0 Å². The highest BCUT2D eigenvalue weighted by atomic mass is 16.5. The summed E-state index contributed by atoms with van der Waals surface area (Å²) in [5.41, 5.74) is 2.37. The number of nitrogens with one attached hydrogen (secondary N) is 1. The molecule has 1 aliphatic rings. The van der Waals surface area contributed by atoms with E-state index in [2.05, 4.69) is 17.4 Å². The molecular weight excluding hydrogens is 214 g/mol. The van der Waals surface area contributed by atoms with Crippen LogP contribution >= 0.6 is 0 Å². The van der Waals surface area contributed by atoms with Gasteiger partial charge in [-0.1, -0.05) is 12.1 Å². The minimum atomic E-state index is 0.218. The molecule has 1 aliphatic carbocycles. The molecular formula is C14H19NO2. The maximum absolute atomic E-state index is 11.4. The van der Waals surface area contributed by atoms with Gasteiger partial charge in [0.15, 0.2) is 0 Å². The molecule has 2 rings (SSSR count). The van der Waals surface area contributed by atoms with E-state index < -0.39 is 0 Å². The molecule has 92 valence electrons. The Morgan fingerprint density at radius 3 is 2.82 bits per heavy atom. The number of methoxy groups -OCH3 is 1. The van der Waals surface area contributed by atoms with E-state index in [1.807, 2.05) is 13.0 Å². The summed E-state index contributed by atoms with van der Waals surface area (Å²) in [4.78, 5) is 11.4. The second kappa shape index (κ2) is 5.21. The quantitative estimate of drug-likeness (QED) is 0.845. The molecule has 3 nitrogen and oxygen atoms in total. The molecule has 0 aliphatic heterocycles. The van der Waals surface area contributed by atoms with Crippen LogP contribution < -0.4 is 10.1 Å². The molecule has 0 spiro atoms. The molecule has 1 saturated carbocycles. The molecule has 3 heteroatoms. The van der Waals surface area contributed by atoms with Gasteiger partial charge in [-0.2, -0.15) is 0 Å². The zero-order valence-electron chi connectivity index (χ0n) is 10.5. The van der Waals surface area contributed by atoms with Gasteiger partial charge in [-0.15, -0.1) is 0 Å². The fourth-order valence-electron chi connectivity index (χ4n) is 1.92. The van der Waals surface area contributed by atoms with Gasteiger partial charge in [0.1, 0.15) is 5.75 Å². The number of ether oxygens (including phenoxy) is 1. The Morgan fingerprint density at radius 2 is 2.24 bits per heavy atom. The molecule has 0 atom stereocenters. The van der Waals surface area contributed by atoms with Gasteiger partial charge < -0.3 is 10.1 Å². The van der Waals surface area contributed by atoms with E-state index in [9.17, 15) is 4.79 Å². The van der Waals surface area contributed by atoms with E-state index in [-0.39, 0.29) is 5.91 Å². The monoisotopic (exact) mass is 233 g/mol. The SMILES string of the molecule is COc1ccc(CCNC(=O)C2CC2)cc1C. The van der Waals surface area contributed by atoms with Crippen LogP contribution in [0.5, 0.6) is 5.75 Å². The first kappa shape index (κ1) is 12.0. The number of carbonyl (C=O) groups is 1. The Balaban J connectivity index is 1.82. The smallest absolute Gasteiger partial charge is 0.223 e. The van der Waals surface area contributed by atoms with Crippen molar-refractivity contribution in [1.29, 1.82) is 0 Å². The van der Waals surface area contributed by atoms with Gasteiger partial charge in [-0.25, -0.2) is 0 Å². The highest BCUT2D eigenvalue weighted by Crippen LogP contribution is 2.28. The Labute approximate surface area is 102 Å². The lowest BCUT2D eigenvalue weighted by atomic mass is 10.1. The molecule has 17 heavy (non-hydrogen) atoms. The van der Waals surface area contributed by atoms with Crippen molar-refractivity contribution in [3.8, 4) is 5.75 Å². The van der Waals surface area contributed by atoms with Crippen LogP contribution in [0.15, 0.2) is 18.2 Å². The van der Waals surface area contributed by atoms with Crippen molar-refractivity contribution in [3.05, 3.63) is 29.3 Å². The van der Waals surface area contributed by atoms with Crippen molar-refractivity contribution in [2.45, 2.75) is 26.2 Å². The predicted molar refractivity (Wildman–Crippen MR) is 67.2 cm³/mol. The third kappa shape index (κ3) is 3.22. The average molecular weight is 233 g/mol. The van der Waals surface area contributed by atoms with Crippen LogP contribution in [0, 0.1) is 12.8 Å². The number of amides is 1. The Kier molecular flexibility index (Phi) is 3.67. The van der Waals surface area contributed by atoms with Crippen molar-refractivity contribution in [2.75, 3.05) is 13.7 Å². The zero-order chi connectivity index (χ0) is 12.3. The van der Waals surface area contributed by atoms with Gasteiger partial charge in [0, 0.05) is 12.5 Å². The third-order valence-electron chi connectivity index (χ3n) is 3.12. The van der Waals surface area contributed by atoms with Crippen LogP contribution in [0.25, 0.3) is 0 Å². The number of hydrogen-bond donors (Lipinski definition) is 1. The maximum Gasteiger partial charge on any atom is 0.223 e. The molecule has 1 N–H and O–H groups in total. The molecule has 0 heterocycles. The Hall–Kier alpha value is -1.51. The van der Waals surface area contributed by atoms with Gasteiger partial charge >= 0.3 is 0 Å². The molecule has 0 bridgehead atoms. The fourth-order valence-corrected chi connectivity index (χ4v) is 1.92. The van der Waals surface area contributed by atoms with Crippen LogP contribution in [-0.2, 0) is 11.2 Å². The lowest BCUT2D eigenvalue weighted by Gasteiger charge is -2.08. The minimum absolute atomic E-state index is 0.218. The summed E-state index contributed by atoms with van der Waals surface area (Å²) in [6, 6.07) is 6.14. The number of rotatable bonds is 5. The van der Waals surface area contributed by atoms with Gasteiger partial charge in [0.05, 0.1) is 7.11 Å². The largest absolute Gasteiger partial charge is 0.496 e. The molecule has 0 radical (unpaired) electrons. The first-order chi connectivity index (χ1) is 8.20. The van der Waals surface area contributed by atoms with Crippen molar-refractivity contribution in [1.82, 2.24) is 5.32 Å². The summed E-state index contributed by atoms with van der Waals surface area (Å²) in [5.74, 6) is 1.43. The van der Waals surface area contributed by atoms with Crippen molar-refractivity contribution >= 4 is 5.91 Å². The third-order valence-corrected chi connectivity index (χ3v) is 3.12. The van der Waals surface area contributed by atoms with E-state index in [4.69, 9.17) is 4.74 Å². The standard InChI is InChI=1S/C14H19NO2/c1-10-9-11(3-6-13(10)17-2)7-8-15-14(16)12-4-5-12/h3,6,9,12H,4-5,7-8H2,1-2H3,(H,15,16). The van der Waals surface area contributed by atoms with Crippen LogP contribution in [0.4, 0.5) is 0 Å². The first-order valence-electron chi connectivity index (χ1n) is 6.12. The van der Waals surface area contributed by atoms with Crippen LogP contribution in [0.3, 0.4) is 0 Å². The lowest BCUT2D eigenvalue weighted by molar-refractivity contribution is -0.122. The molecule has 0 saturated heterocycles. The molecule has 0 unspecified atom stereocenters. The zero-order valence-corrected chi connectivity index (χ0v) is 10.5. The second-order valence-corrected chi connectivity index (χ2v) is 4.62. The van der Waals surface area contributed by atoms with E-state index in [0.29, 0.717) is 5.92 Å². The fraction of sp³-hybridized carbons (Fsp3) is 0.500. The van der Waals surface area contributed by atoms with Gasteiger partial charge in [0.25, 0.3) is 0 Å². The van der Waals surface area contributed by atoms with E-state index in [0.717, 1.165) is 37.1 Å². The summed E-state index contributed by atoms with van der Waals surface area (Å²) in [5, 5.41) is 2.97. The summed E-state index contributed by atoms with van der Waals surface area (Å²) in [6.45, 7) is 2.76. The molecule has 0 aromatic heterocycles. The van der Waals surface area contributed by atoms with Crippen LogP contribution in [-0.4, -0.2) is 19.6 Å². The summed E-state index contributed by atoms with van der Waals surface area (Å²) in [6.07, 6.45) is 3.00. The Bertz CT molecular complexity index is 411. The van der Waals surface area contributed by atoms with E-state index >= 15 is 0 Å². The number of benzene rings is 1. The van der Waals surface area contributed by atoms with E-state index in [1.165, 1.54) is 5.56 Å². The molecule has 1 aromatic carbocycles. The second-order valence-electron chi connectivity index (χ2n) is 4.62. The maximum atomic E-state index is 11.4. The number of carbonyl (C=O) groups excluding carboxylic acids is 1. The van der Waals surface area contributed by atoms with Crippen molar-refractivity contribution in [3.63, 3.8) is 0 Å². The molecule has 1 fully saturated rings. The molecule has 1 aromatic rings. The van der Waals surface area contributed by atoms with Crippen molar-refractivity contribution in [2.24, 2.45) is 5.92 Å². The molecule has 1 amide bonds. The van der Waals surface area contributed by atoms with Gasteiger partial charge in [-0.05, 0) is 43.4 Å². The highest BCUT2D eigenvalue weighted by Gasteiger charge is 2.28. The first-order valence-corrected chi connectivity index (χ1v) is 6.12. The summed E-state index contributed by atoms with van der Waals surface area (Å²) in [7, 11) is 1.68. The average Bonchev–Trinajstić information content (AvgIpc) is 3.13. The minimum Gasteiger partial charge on any atom is -0.496 e. The number of aryl methyl sites for hydroxylation is 1.